The van der Waals surface area contributed by atoms with E-state index in [2.05, 4.69) is 24.0 Å². The maximum Gasteiger partial charge on any atom is 0.263 e. The first-order valence-electron chi connectivity index (χ1n) is 11.7. The summed E-state index contributed by atoms with van der Waals surface area (Å²) in [4.78, 5) is 28.3. The number of fused-ring (bicyclic) bond motifs is 3. The first-order valence-corrected chi connectivity index (χ1v) is 12.7. The SMILES string of the molecule is Cc1ccc(Cn2c(=O)c3ccccc3n3c(SCC(=O)N4CC(C)CC(C)C4)nnc23)cc1. The number of thioether (sulfide) groups is 1. The predicted molar refractivity (Wildman–Crippen MR) is 135 cm³/mol. The van der Waals surface area contributed by atoms with Crippen molar-refractivity contribution in [2.45, 2.75) is 38.9 Å². The van der Waals surface area contributed by atoms with Gasteiger partial charge in [0.1, 0.15) is 0 Å². The van der Waals surface area contributed by atoms with Gasteiger partial charge in [-0.3, -0.25) is 18.6 Å². The van der Waals surface area contributed by atoms with E-state index < -0.39 is 0 Å². The van der Waals surface area contributed by atoms with Crippen molar-refractivity contribution >= 4 is 34.3 Å². The van der Waals surface area contributed by atoms with Crippen LogP contribution in [0.5, 0.6) is 0 Å². The van der Waals surface area contributed by atoms with E-state index in [0.29, 0.717) is 40.5 Å². The van der Waals surface area contributed by atoms with Crippen LogP contribution in [0.25, 0.3) is 16.7 Å². The largest absolute Gasteiger partial charge is 0.341 e. The molecule has 34 heavy (non-hydrogen) atoms. The number of rotatable bonds is 5. The second-order valence-electron chi connectivity index (χ2n) is 9.55. The van der Waals surface area contributed by atoms with E-state index in [1.165, 1.54) is 17.3 Å². The van der Waals surface area contributed by atoms with Crippen molar-refractivity contribution in [2.24, 2.45) is 11.8 Å². The molecule has 2 atom stereocenters. The van der Waals surface area contributed by atoms with Crippen LogP contribution >= 0.6 is 11.8 Å². The van der Waals surface area contributed by atoms with Crippen molar-refractivity contribution < 1.29 is 4.79 Å². The average Bonchev–Trinajstić information content (AvgIpc) is 3.25. The van der Waals surface area contributed by atoms with Crippen molar-refractivity contribution in [1.29, 1.82) is 0 Å². The van der Waals surface area contributed by atoms with E-state index in [1.807, 2.05) is 64.8 Å². The van der Waals surface area contributed by atoms with Gasteiger partial charge in [0.15, 0.2) is 5.16 Å². The second kappa shape index (κ2) is 9.25. The highest BCUT2D eigenvalue weighted by atomic mass is 32.2. The van der Waals surface area contributed by atoms with Gasteiger partial charge < -0.3 is 4.90 Å². The zero-order valence-electron chi connectivity index (χ0n) is 19.8. The second-order valence-corrected chi connectivity index (χ2v) is 10.5. The fourth-order valence-electron chi connectivity index (χ4n) is 4.93. The number of nitrogens with zero attached hydrogens (tertiary/aromatic N) is 5. The first-order chi connectivity index (χ1) is 16.4. The van der Waals surface area contributed by atoms with Crippen LogP contribution in [0.2, 0.25) is 0 Å². The standard InChI is InChI=1S/C26H29N5O2S/c1-17-8-10-20(11-9-17)15-30-24(33)21-6-4-5-7-22(21)31-25(30)27-28-26(31)34-16-23(32)29-13-18(2)12-19(3)14-29/h4-11,18-19H,12-16H2,1-3H3. The monoisotopic (exact) mass is 475 g/mol. The van der Waals surface area contributed by atoms with Gasteiger partial charge in [-0.2, -0.15) is 0 Å². The van der Waals surface area contributed by atoms with Gasteiger partial charge in [0, 0.05) is 13.1 Å². The molecule has 2 aromatic carbocycles. The highest BCUT2D eigenvalue weighted by Crippen LogP contribution is 2.25. The molecular weight excluding hydrogens is 446 g/mol. The summed E-state index contributed by atoms with van der Waals surface area (Å²) in [5.41, 5.74) is 2.84. The summed E-state index contributed by atoms with van der Waals surface area (Å²) in [5.74, 6) is 1.95. The molecular formula is C26H29N5O2S. The van der Waals surface area contributed by atoms with E-state index in [9.17, 15) is 9.59 Å². The highest BCUT2D eigenvalue weighted by Gasteiger charge is 2.26. The molecule has 1 fully saturated rings. The molecule has 4 aromatic rings. The van der Waals surface area contributed by atoms with Crippen molar-refractivity contribution in [1.82, 2.24) is 24.1 Å². The molecule has 0 spiro atoms. The molecule has 1 aliphatic heterocycles. The van der Waals surface area contributed by atoms with Crippen molar-refractivity contribution in [3.05, 3.63) is 70.0 Å². The number of benzene rings is 2. The van der Waals surface area contributed by atoms with E-state index in [0.717, 1.165) is 30.6 Å². The number of carbonyl (C=O) groups is 1. The molecule has 8 heteroatoms. The van der Waals surface area contributed by atoms with Gasteiger partial charge in [-0.05, 0) is 42.9 Å². The van der Waals surface area contributed by atoms with Crippen molar-refractivity contribution in [3.63, 3.8) is 0 Å². The van der Waals surface area contributed by atoms with Crippen LogP contribution in [0, 0.1) is 18.8 Å². The number of piperidine rings is 1. The Bertz CT molecular complexity index is 1400. The van der Waals surface area contributed by atoms with Crippen LogP contribution in [0.1, 0.15) is 31.4 Å². The zero-order chi connectivity index (χ0) is 23.8. The molecule has 2 aromatic heterocycles. The van der Waals surface area contributed by atoms with Crippen LogP contribution in [-0.2, 0) is 11.3 Å². The van der Waals surface area contributed by atoms with Gasteiger partial charge in [0.25, 0.3) is 5.56 Å². The number of aryl methyl sites for hydroxylation is 1. The zero-order valence-corrected chi connectivity index (χ0v) is 20.6. The fraction of sp³-hybridized carbons (Fsp3) is 0.385. The number of hydrogen-bond donors (Lipinski definition) is 0. The first kappa shape index (κ1) is 22.7. The lowest BCUT2D eigenvalue weighted by Gasteiger charge is -2.34. The van der Waals surface area contributed by atoms with Crippen LogP contribution in [0.15, 0.2) is 58.5 Å². The summed E-state index contributed by atoms with van der Waals surface area (Å²) in [5, 5.41) is 10.0. The van der Waals surface area contributed by atoms with Gasteiger partial charge in [0.05, 0.1) is 23.2 Å². The molecule has 5 rings (SSSR count). The minimum absolute atomic E-state index is 0.0972. The lowest BCUT2D eigenvalue weighted by Crippen LogP contribution is -2.43. The van der Waals surface area contributed by atoms with Crippen LogP contribution < -0.4 is 5.56 Å². The molecule has 3 heterocycles. The highest BCUT2D eigenvalue weighted by molar-refractivity contribution is 7.99. The molecule has 0 aliphatic carbocycles. The third-order valence-corrected chi connectivity index (χ3v) is 7.40. The van der Waals surface area contributed by atoms with E-state index in [1.54, 1.807) is 4.57 Å². The Morgan fingerprint density at radius 1 is 1.03 bits per heavy atom. The number of amides is 1. The molecule has 0 radical (unpaired) electrons. The molecule has 176 valence electrons. The summed E-state index contributed by atoms with van der Waals surface area (Å²) in [6, 6.07) is 15.6. The average molecular weight is 476 g/mol. The third kappa shape index (κ3) is 4.34. The summed E-state index contributed by atoms with van der Waals surface area (Å²) in [7, 11) is 0. The van der Waals surface area contributed by atoms with Crippen LogP contribution in [0.4, 0.5) is 0 Å². The molecule has 1 aliphatic rings. The lowest BCUT2D eigenvalue weighted by atomic mass is 9.92. The summed E-state index contributed by atoms with van der Waals surface area (Å²) < 4.78 is 3.57. The predicted octanol–water partition coefficient (Wildman–Crippen LogP) is 4.00. The Morgan fingerprint density at radius 3 is 2.47 bits per heavy atom. The molecule has 0 bridgehead atoms. The Labute approximate surface area is 202 Å². The number of hydrogen-bond acceptors (Lipinski definition) is 5. The topological polar surface area (TPSA) is 72.5 Å². The molecule has 1 saturated heterocycles. The van der Waals surface area contributed by atoms with Crippen molar-refractivity contribution in [3.8, 4) is 0 Å². The van der Waals surface area contributed by atoms with E-state index in [-0.39, 0.29) is 11.5 Å². The maximum atomic E-state index is 13.4. The molecule has 1 amide bonds. The van der Waals surface area contributed by atoms with Gasteiger partial charge >= 0.3 is 0 Å². The Kier molecular flexibility index (Phi) is 6.16. The summed E-state index contributed by atoms with van der Waals surface area (Å²) in [6.45, 7) is 8.47. The number of para-hydroxylation sites is 1. The smallest absolute Gasteiger partial charge is 0.263 e. The van der Waals surface area contributed by atoms with E-state index >= 15 is 0 Å². The Balaban J connectivity index is 1.50. The number of carbonyl (C=O) groups excluding carboxylic acids is 1. The Morgan fingerprint density at radius 2 is 1.74 bits per heavy atom. The normalized spacial score (nSPS) is 18.6. The molecule has 0 saturated carbocycles. The third-order valence-electron chi connectivity index (χ3n) is 6.49. The molecule has 7 nitrogen and oxygen atoms in total. The quantitative estimate of drug-likeness (QED) is 0.408. The molecule has 0 N–H and O–H groups in total. The lowest BCUT2D eigenvalue weighted by molar-refractivity contribution is -0.130. The fourth-order valence-corrected chi connectivity index (χ4v) is 5.77. The van der Waals surface area contributed by atoms with Crippen LogP contribution in [-0.4, -0.2) is 48.8 Å². The minimum atomic E-state index is -0.0972. The van der Waals surface area contributed by atoms with Gasteiger partial charge in [0.2, 0.25) is 11.7 Å². The van der Waals surface area contributed by atoms with Crippen molar-refractivity contribution in [2.75, 3.05) is 18.8 Å². The Hall–Kier alpha value is -3.13. The van der Waals surface area contributed by atoms with Crippen LogP contribution in [0.3, 0.4) is 0 Å². The maximum absolute atomic E-state index is 13.4. The summed E-state index contributed by atoms with van der Waals surface area (Å²) in [6.07, 6.45) is 1.16. The number of aromatic nitrogens is 4. The summed E-state index contributed by atoms with van der Waals surface area (Å²) >= 11 is 1.38. The van der Waals surface area contributed by atoms with Gasteiger partial charge in [-0.25, -0.2) is 0 Å². The molecule has 2 unspecified atom stereocenters. The number of likely N-dealkylation sites (tertiary alicyclic amines) is 1. The van der Waals surface area contributed by atoms with Gasteiger partial charge in [-0.15, -0.1) is 10.2 Å². The van der Waals surface area contributed by atoms with E-state index in [4.69, 9.17) is 0 Å². The van der Waals surface area contributed by atoms with Gasteiger partial charge in [-0.1, -0.05) is 67.6 Å². The minimum Gasteiger partial charge on any atom is -0.341 e.